The van der Waals surface area contributed by atoms with Crippen LogP contribution in [0.1, 0.15) is 17.7 Å². The third-order valence-corrected chi connectivity index (χ3v) is 4.40. The lowest BCUT2D eigenvalue weighted by molar-refractivity contribution is -0.118. The summed E-state index contributed by atoms with van der Waals surface area (Å²) < 4.78 is 18.9. The van der Waals surface area contributed by atoms with Crippen molar-refractivity contribution in [1.29, 1.82) is 0 Å². The van der Waals surface area contributed by atoms with Gasteiger partial charge in [-0.3, -0.25) is 14.6 Å². The zero-order valence-electron chi connectivity index (χ0n) is 16.8. The van der Waals surface area contributed by atoms with E-state index in [0.29, 0.717) is 18.0 Å². The molecule has 1 heterocycles. The first-order chi connectivity index (χ1) is 15.0. The second-order valence-corrected chi connectivity index (χ2v) is 6.69. The van der Waals surface area contributed by atoms with Crippen molar-refractivity contribution in [2.24, 2.45) is 5.73 Å². The maximum Gasteiger partial charge on any atom is 0.251 e. The van der Waals surface area contributed by atoms with Gasteiger partial charge in [0.15, 0.2) is 0 Å². The van der Waals surface area contributed by atoms with Gasteiger partial charge in [0.1, 0.15) is 18.2 Å². The number of amides is 2. The minimum absolute atomic E-state index is 0.000730. The van der Waals surface area contributed by atoms with Crippen molar-refractivity contribution in [3.05, 3.63) is 96.1 Å². The van der Waals surface area contributed by atoms with Crippen LogP contribution >= 0.6 is 0 Å². The molecule has 0 saturated carbocycles. The van der Waals surface area contributed by atoms with Crippen LogP contribution in [0.3, 0.4) is 0 Å². The fourth-order valence-electron chi connectivity index (χ4n) is 2.78. The van der Waals surface area contributed by atoms with E-state index in [1.807, 2.05) is 30.3 Å². The van der Waals surface area contributed by atoms with Gasteiger partial charge < -0.3 is 15.4 Å². The van der Waals surface area contributed by atoms with Gasteiger partial charge >= 0.3 is 0 Å². The molecule has 31 heavy (non-hydrogen) atoms. The Balaban J connectivity index is 1.64. The lowest BCUT2D eigenvalue weighted by atomic mass is 10.2. The molecule has 1 aromatic heterocycles. The van der Waals surface area contributed by atoms with Crippen LogP contribution in [0, 0.1) is 5.82 Å². The number of benzene rings is 2. The average molecular weight is 419 g/mol. The number of hydrogen-bond donors (Lipinski definition) is 1. The highest BCUT2D eigenvalue weighted by molar-refractivity contribution is 6.04. The van der Waals surface area contributed by atoms with Crippen LogP contribution in [0.25, 0.3) is 6.08 Å². The molecule has 0 aliphatic heterocycles. The molecular formula is C24H22FN3O3. The molecule has 3 aromatic rings. The third kappa shape index (κ3) is 6.78. The lowest BCUT2D eigenvalue weighted by Gasteiger charge is -2.20. The summed E-state index contributed by atoms with van der Waals surface area (Å²) in [6.45, 7) is 0.464. The van der Waals surface area contributed by atoms with Crippen LogP contribution < -0.4 is 15.4 Å². The van der Waals surface area contributed by atoms with Crippen molar-refractivity contribution in [3.63, 3.8) is 0 Å². The molecule has 0 bridgehead atoms. The Morgan fingerprint density at radius 2 is 1.77 bits per heavy atom. The van der Waals surface area contributed by atoms with Crippen LogP contribution in [0.5, 0.6) is 5.75 Å². The first-order valence-electron chi connectivity index (χ1n) is 9.67. The Morgan fingerprint density at radius 1 is 1.03 bits per heavy atom. The molecule has 0 aliphatic carbocycles. The second-order valence-electron chi connectivity index (χ2n) is 6.69. The van der Waals surface area contributed by atoms with Gasteiger partial charge in [-0.25, -0.2) is 4.39 Å². The molecule has 6 nitrogen and oxygen atoms in total. The smallest absolute Gasteiger partial charge is 0.251 e. The SMILES string of the molecule is NC(=O)CCN(C(=O)/C=C/c1ccc(OCc2ccccn2)cc1)c1ccc(F)cc1. The van der Waals surface area contributed by atoms with E-state index < -0.39 is 11.7 Å². The lowest BCUT2D eigenvalue weighted by Crippen LogP contribution is -2.32. The zero-order chi connectivity index (χ0) is 22.1. The number of rotatable bonds is 9. The van der Waals surface area contributed by atoms with Gasteiger partial charge in [-0.05, 0) is 60.2 Å². The number of nitrogens with two attached hydrogens (primary N) is 1. The summed E-state index contributed by atoms with van der Waals surface area (Å²) in [6.07, 6.45) is 4.77. The molecule has 0 radical (unpaired) electrons. The fourth-order valence-corrected chi connectivity index (χ4v) is 2.78. The van der Waals surface area contributed by atoms with Crippen LogP contribution in [-0.4, -0.2) is 23.3 Å². The molecule has 2 N–H and O–H groups in total. The number of primary amides is 1. The Morgan fingerprint density at radius 3 is 2.42 bits per heavy atom. The van der Waals surface area contributed by atoms with Gasteiger partial charge in [0, 0.05) is 30.9 Å². The van der Waals surface area contributed by atoms with Gasteiger partial charge in [-0.1, -0.05) is 18.2 Å². The van der Waals surface area contributed by atoms with E-state index in [1.165, 1.54) is 35.2 Å². The van der Waals surface area contributed by atoms with Gasteiger partial charge in [0.25, 0.3) is 5.91 Å². The van der Waals surface area contributed by atoms with Crippen LogP contribution in [0.4, 0.5) is 10.1 Å². The number of carbonyl (C=O) groups is 2. The molecule has 3 rings (SSSR count). The standard InChI is InChI=1S/C24H22FN3O3/c25-19-7-9-21(10-8-19)28(16-14-23(26)29)24(30)13-6-18-4-11-22(12-5-18)31-17-20-3-1-2-15-27-20/h1-13,15H,14,16-17H2,(H2,26,29)/b13-6+. The number of hydrogen-bond acceptors (Lipinski definition) is 4. The fraction of sp³-hybridized carbons (Fsp3) is 0.125. The normalized spacial score (nSPS) is 10.7. The number of halogens is 1. The number of carbonyl (C=O) groups excluding carboxylic acids is 2. The molecule has 0 unspecified atom stereocenters. The third-order valence-electron chi connectivity index (χ3n) is 4.40. The van der Waals surface area contributed by atoms with Gasteiger partial charge in [0.05, 0.1) is 5.69 Å². The van der Waals surface area contributed by atoms with Crippen molar-refractivity contribution < 1.29 is 18.7 Å². The largest absolute Gasteiger partial charge is 0.487 e. The number of pyridine rings is 1. The minimum Gasteiger partial charge on any atom is -0.487 e. The maximum atomic E-state index is 13.2. The highest BCUT2D eigenvalue weighted by atomic mass is 19.1. The number of anilines is 1. The van der Waals surface area contributed by atoms with E-state index in [9.17, 15) is 14.0 Å². The molecule has 0 saturated heterocycles. The molecule has 0 atom stereocenters. The molecule has 2 aromatic carbocycles. The second kappa shape index (κ2) is 10.7. The first-order valence-corrected chi connectivity index (χ1v) is 9.67. The van der Waals surface area contributed by atoms with Crippen molar-refractivity contribution in [2.75, 3.05) is 11.4 Å². The van der Waals surface area contributed by atoms with Gasteiger partial charge in [0.2, 0.25) is 5.91 Å². The average Bonchev–Trinajstić information content (AvgIpc) is 2.79. The summed E-state index contributed by atoms with van der Waals surface area (Å²) in [5.74, 6) is -0.594. The zero-order valence-corrected chi connectivity index (χ0v) is 16.8. The number of ether oxygens (including phenoxy) is 1. The van der Waals surface area contributed by atoms with Crippen molar-refractivity contribution in [1.82, 2.24) is 4.98 Å². The highest BCUT2D eigenvalue weighted by Crippen LogP contribution is 2.18. The van der Waals surface area contributed by atoms with E-state index in [2.05, 4.69) is 4.98 Å². The number of aromatic nitrogens is 1. The van der Waals surface area contributed by atoms with E-state index in [1.54, 1.807) is 24.4 Å². The van der Waals surface area contributed by atoms with E-state index >= 15 is 0 Å². The predicted molar refractivity (Wildman–Crippen MR) is 117 cm³/mol. The Bertz CT molecular complexity index is 1040. The van der Waals surface area contributed by atoms with E-state index in [-0.39, 0.29) is 18.9 Å². The summed E-state index contributed by atoms with van der Waals surface area (Å²) in [6, 6.07) is 18.4. The predicted octanol–water partition coefficient (Wildman–Crippen LogP) is 3.72. The van der Waals surface area contributed by atoms with Crippen LogP contribution in [0.2, 0.25) is 0 Å². The Hall–Kier alpha value is -4.00. The molecular weight excluding hydrogens is 397 g/mol. The van der Waals surface area contributed by atoms with Gasteiger partial charge in [-0.15, -0.1) is 0 Å². The molecule has 0 fully saturated rings. The Labute approximate surface area is 179 Å². The van der Waals surface area contributed by atoms with Crippen LogP contribution in [-0.2, 0) is 16.2 Å². The summed E-state index contributed by atoms with van der Waals surface area (Å²) in [5.41, 5.74) is 7.32. The van der Waals surface area contributed by atoms with E-state index in [0.717, 1.165) is 11.3 Å². The first kappa shape index (κ1) is 21.7. The molecule has 0 aliphatic rings. The van der Waals surface area contributed by atoms with Crippen molar-refractivity contribution in [3.8, 4) is 5.75 Å². The molecule has 2 amide bonds. The van der Waals surface area contributed by atoms with Crippen molar-refractivity contribution >= 4 is 23.6 Å². The van der Waals surface area contributed by atoms with E-state index in [4.69, 9.17) is 10.5 Å². The molecule has 0 spiro atoms. The summed E-state index contributed by atoms with van der Waals surface area (Å²) in [5, 5.41) is 0. The Kier molecular flexibility index (Phi) is 7.48. The highest BCUT2D eigenvalue weighted by Gasteiger charge is 2.14. The van der Waals surface area contributed by atoms with Crippen LogP contribution in [0.15, 0.2) is 79.0 Å². The molecule has 158 valence electrons. The number of nitrogens with zero attached hydrogens (tertiary/aromatic N) is 2. The quantitative estimate of drug-likeness (QED) is 0.536. The van der Waals surface area contributed by atoms with Gasteiger partial charge in [-0.2, -0.15) is 0 Å². The minimum atomic E-state index is -0.523. The topological polar surface area (TPSA) is 85.5 Å². The molecule has 7 heteroatoms. The van der Waals surface area contributed by atoms with Crippen molar-refractivity contribution in [2.45, 2.75) is 13.0 Å². The summed E-state index contributed by atoms with van der Waals surface area (Å²) in [4.78, 5) is 29.4. The monoisotopic (exact) mass is 419 g/mol. The summed E-state index contributed by atoms with van der Waals surface area (Å²) in [7, 11) is 0. The summed E-state index contributed by atoms with van der Waals surface area (Å²) >= 11 is 0. The maximum absolute atomic E-state index is 13.2.